The Labute approximate surface area is 84.6 Å². The van der Waals surface area contributed by atoms with Gasteiger partial charge in [-0.25, -0.2) is 9.59 Å². The number of carbonyl (C=O) groups excluding carboxylic acids is 1. The molecule has 0 aromatic heterocycles. The average molecular weight is 221 g/mol. The van der Waals surface area contributed by atoms with Gasteiger partial charge in [-0.15, -0.1) is 4.91 Å². The second kappa shape index (κ2) is 6.19. The van der Waals surface area contributed by atoms with Gasteiger partial charge >= 0.3 is 12.0 Å². The van der Waals surface area contributed by atoms with Crippen molar-refractivity contribution in [1.82, 2.24) is 5.01 Å². The standard InChI is InChI=1S/C6H11N3O4S/c1-14-3-2-4(5(10)11)9(8-13)6(7)12/h4H,2-3H2,1H3,(H2,7,12)(H,10,11)/t4-/m0/s1. The average Bonchev–Trinajstić information content (AvgIpc) is 2.10. The molecule has 0 saturated carbocycles. The first-order valence-corrected chi connectivity index (χ1v) is 5.07. The van der Waals surface area contributed by atoms with E-state index in [9.17, 15) is 14.5 Å². The van der Waals surface area contributed by atoms with Crippen LogP contribution in [0.4, 0.5) is 4.79 Å². The number of rotatable bonds is 6. The molecule has 0 rings (SSSR count). The summed E-state index contributed by atoms with van der Waals surface area (Å²) in [4.78, 5) is 31.4. The van der Waals surface area contributed by atoms with E-state index >= 15 is 0 Å². The number of nitrogens with zero attached hydrogens (tertiary/aromatic N) is 2. The van der Waals surface area contributed by atoms with E-state index in [2.05, 4.69) is 5.29 Å². The van der Waals surface area contributed by atoms with Crippen molar-refractivity contribution in [1.29, 1.82) is 0 Å². The lowest BCUT2D eigenvalue weighted by molar-refractivity contribution is -0.142. The molecule has 1 atom stereocenters. The van der Waals surface area contributed by atoms with Gasteiger partial charge in [0.2, 0.25) is 0 Å². The fourth-order valence-electron chi connectivity index (χ4n) is 0.831. The number of thioether (sulfide) groups is 1. The maximum absolute atomic E-state index is 10.7. The number of carboxylic acids is 1. The highest BCUT2D eigenvalue weighted by Gasteiger charge is 2.29. The minimum Gasteiger partial charge on any atom is -0.480 e. The van der Waals surface area contributed by atoms with E-state index in [0.29, 0.717) is 5.75 Å². The van der Waals surface area contributed by atoms with E-state index in [4.69, 9.17) is 10.8 Å². The van der Waals surface area contributed by atoms with E-state index in [1.807, 2.05) is 0 Å². The lowest BCUT2D eigenvalue weighted by Crippen LogP contribution is -2.44. The number of hydrogen-bond donors (Lipinski definition) is 2. The van der Waals surface area contributed by atoms with Crippen LogP contribution in [-0.4, -0.2) is 40.2 Å². The Bertz CT molecular complexity index is 235. The molecule has 0 bridgehead atoms. The third-order valence-corrected chi connectivity index (χ3v) is 2.13. The fourth-order valence-corrected chi connectivity index (χ4v) is 1.29. The van der Waals surface area contributed by atoms with Crippen LogP contribution in [0.5, 0.6) is 0 Å². The summed E-state index contributed by atoms with van der Waals surface area (Å²) in [6, 6.07) is -2.44. The van der Waals surface area contributed by atoms with Crippen molar-refractivity contribution in [3.8, 4) is 0 Å². The van der Waals surface area contributed by atoms with Crippen LogP contribution in [0, 0.1) is 4.91 Å². The summed E-state index contributed by atoms with van der Waals surface area (Å²) in [5.41, 5.74) is 4.78. The molecule has 0 aromatic rings. The Morgan fingerprint density at radius 2 is 2.21 bits per heavy atom. The normalized spacial score (nSPS) is 11.8. The molecule has 0 saturated heterocycles. The van der Waals surface area contributed by atoms with Crippen molar-refractivity contribution >= 4 is 23.8 Å². The van der Waals surface area contributed by atoms with Crippen LogP contribution in [0.15, 0.2) is 5.29 Å². The maximum Gasteiger partial charge on any atom is 0.338 e. The van der Waals surface area contributed by atoms with Gasteiger partial charge in [0.25, 0.3) is 0 Å². The van der Waals surface area contributed by atoms with Crippen LogP contribution in [0.1, 0.15) is 6.42 Å². The van der Waals surface area contributed by atoms with Gasteiger partial charge in [-0.2, -0.15) is 16.8 Å². The number of primary amides is 1. The Balaban J connectivity index is 4.52. The first-order chi connectivity index (χ1) is 6.54. The van der Waals surface area contributed by atoms with Crippen LogP contribution >= 0.6 is 11.8 Å². The molecule has 0 heterocycles. The third-order valence-electron chi connectivity index (χ3n) is 1.49. The molecule has 0 unspecified atom stereocenters. The Morgan fingerprint density at radius 3 is 2.50 bits per heavy atom. The molecule has 0 aromatic carbocycles. The van der Waals surface area contributed by atoms with Crippen LogP contribution in [0.25, 0.3) is 0 Å². The van der Waals surface area contributed by atoms with Gasteiger partial charge in [-0.1, -0.05) is 0 Å². The van der Waals surface area contributed by atoms with Gasteiger partial charge < -0.3 is 10.8 Å². The molecule has 8 heteroatoms. The number of aliphatic carboxylic acids is 1. The zero-order valence-corrected chi connectivity index (χ0v) is 8.36. The van der Waals surface area contributed by atoms with Gasteiger partial charge in [0, 0.05) is 0 Å². The second-order valence-electron chi connectivity index (χ2n) is 2.40. The topological polar surface area (TPSA) is 113 Å². The summed E-state index contributed by atoms with van der Waals surface area (Å²) < 4.78 is 0. The highest BCUT2D eigenvalue weighted by atomic mass is 32.2. The fraction of sp³-hybridized carbons (Fsp3) is 0.667. The smallest absolute Gasteiger partial charge is 0.338 e. The van der Waals surface area contributed by atoms with E-state index in [0.717, 1.165) is 0 Å². The summed E-state index contributed by atoms with van der Waals surface area (Å²) in [6.45, 7) is 0. The van der Waals surface area contributed by atoms with Crippen LogP contribution < -0.4 is 5.73 Å². The number of carboxylic acid groups (broad SMARTS) is 1. The monoisotopic (exact) mass is 221 g/mol. The maximum atomic E-state index is 10.7. The number of amides is 2. The predicted molar refractivity (Wildman–Crippen MR) is 51.6 cm³/mol. The third kappa shape index (κ3) is 3.60. The SMILES string of the molecule is CSCC[C@@H](C(=O)O)N(N=O)C(N)=O. The van der Waals surface area contributed by atoms with Crippen molar-refractivity contribution < 1.29 is 14.7 Å². The lowest BCUT2D eigenvalue weighted by Gasteiger charge is -2.18. The number of nitrogens with two attached hydrogens (primary N) is 1. The van der Waals surface area contributed by atoms with Crippen molar-refractivity contribution in [2.45, 2.75) is 12.5 Å². The molecule has 80 valence electrons. The van der Waals surface area contributed by atoms with Crippen molar-refractivity contribution in [2.75, 3.05) is 12.0 Å². The molecule has 0 fully saturated rings. The van der Waals surface area contributed by atoms with Crippen LogP contribution in [-0.2, 0) is 4.79 Å². The number of urea groups is 1. The summed E-state index contributed by atoms with van der Waals surface area (Å²) in [5, 5.41) is 11.2. The zero-order chi connectivity index (χ0) is 11.1. The minimum absolute atomic E-state index is 0.130. The number of carbonyl (C=O) groups is 2. The Kier molecular flexibility index (Phi) is 5.61. The predicted octanol–water partition coefficient (Wildman–Crippen LogP) is 0.255. The summed E-state index contributed by atoms with van der Waals surface area (Å²) in [7, 11) is 0. The van der Waals surface area contributed by atoms with Crippen LogP contribution in [0.2, 0.25) is 0 Å². The van der Waals surface area contributed by atoms with Crippen LogP contribution in [0.3, 0.4) is 0 Å². The van der Waals surface area contributed by atoms with Gasteiger partial charge in [0.15, 0.2) is 6.04 Å². The van der Waals surface area contributed by atoms with E-state index in [-0.39, 0.29) is 11.4 Å². The molecular weight excluding hydrogens is 210 g/mol. The van der Waals surface area contributed by atoms with Gasteiger partial charge in [0.05, 0.1) is 5.29 Å². The highest BCUT2D eigenvalue weighted by Crippen LogP contribution is 2.09. The Morgan fingerprint density at radius 1 is 1.64 bits per heavy atom. The van der Waals surface area contributed by atoms with Crippen molar-refractivity contribution in [3.05, 3.63) is 4.91 Å². The molecule has 2 amide bonds. The second-order valence-corrected chi connectivity index (χ2v) is 3.39. The first kappa shape index (κ1) is 12.7. The van der Waals surface area contributed by atoms with E-state index < -0.39 is 18.0 Å². The minimum atomic E-state index is -1.29. The number of hydrogen-bond acceptors (Lipinski definition) is 5. The van der Waals surface area contributed by atoms with Crippen molar-refractivity contribution in [2.24, 2.45) is 11.0 Å². The molecule has 14 heavy (non-hydrogen) atoms. The molecule has 0 radical (unpaired) electrons. The molecule has 0 aliphatic carbocycles. The molecule has 7 nitrogen and oxygen atoms in total. The van der Waals surface area contributed by atoms with Gasteiger partial charge in [-0.3, -0.25) is 0 Å². The van der Waals surface area contributed by atoms with E-state index in [1.54, 1.807) is 6.26 Å². The van der Waals surface area contributed by atoms with Gasteiger partial charge in [0.1, 0.15) is 0 Å². The molecular formula is C6H11N3O4S. The Hall–Kier alpha value is -1.31. The summed E-state index contributed by atoms with van der Waals surface area (Å²) >= 11 is 1.40. The molecule has 0 aliphatic heterocycles. The summed E-state index contributed by atoms with van der Waals surface area (Å²) in [5.74, 6) is -0.798. The molecule has 0 aliphatic rings. The summed E-state index contributed by atoms with van der Waals surface area (Å²) in [6.07, 6.45) is 1.91. The lowest BCUT2D eigenvalue weighted by atomic mass is 10.2. The highest BCUT2D eigenvalue weighted by molar-refractivity contribution is 7.98. The largest absolute Gasteiger partial charge is 0.480 e. The number of nitroso groups, excluding NO2 is 1. The zero-order valence-electron chi connectivity index (χ0n) is 7.54. The van der Waals surface area contributed by atoms with E-state index in [1.165, 1.54) is 11.8 Å². The first-order valence-electron chi connectivity index (χ1n) is 3.68. The van der Waals surface area contributed by atoms with Gasteiger partial charge in [-0.05, 0) is 18.4 Å². The van der Waals surface area contributed by atoms with Crippen molar-refractivity contribution in [3.63, 3.8) is 0 Å². The quantitative estimate of drug-likeness (QED) is 0.493. The molecule has 3 N–H and O–H groups in total. The molecule has 0 spiro atoms.